The Balaban J connectivity index is 2.76. The maximum atomic E-state index is 11.5. The van der Waals surface area contributed by atoms with Gasteiger partial charge in [0.1, 0.15) is 6.29 Å². The molecule has 0 aliphatic rings. The van der Waals surface area contributed by atoms with Gasteiger partial charge in [0.15, 0.2) is 11.5 Å². The van der Waals surface area contributed by atoms with E-state index < -0.39 is 0 Å². The summed E-state index contributed by atoms with van der Waals surface area (Å²) in [6.45, 7) is 8.58. The predicted octanol–water partition coefficient (Wildman–Crippen LogP) is 8.55. The molecule has 0 saturated heterocycles. The molecule has 0 aliphatic carbocycles. The summed E-state index contributed by atoms with van der Waals surface area (Å²) in [5.74, 6) is 1.94. The Kier molecular flexibility index (Phi) is 17.6. The second-order valence-corrected chi connectivity index (χ2v) is 8.75. The van der Waals surface area contributed by atoms with Gasteiger partial charge in [-0.25, -0.2) is 0 Å². The number of hydrogen-bond acceptors (Lipinski definition) is 4. The van der Waals surface area contributed by atoms with Crippen molar-refractivity contribution in [3.63, 3.8) is 0 Å². The Morgan fingerprint density at radius 1 is 0.562 bits per heavy atom. The highest BCUT2D eigenvalue weighted by molar-refractivity contribution is 5.78. The van der Waals surface area contributed by atoms with E-state index in [2.05, 4.69) is 20.8 Å². The van der Waals surface area contributed by atoms with Gasteiger partial charge in [0, 0.05) is 5.56 Å². The molecule has 4 nitrogen and oxygen atoms in total. The zero-order valence-corrected chi connectivity index (χ0v) is 21.1. The molecule has 0 atom stereocenters. The highest BCUT2D eigenvalue weighted by atomic mass is 16.5. The van der Waals surface area contributed by atoms with E-state index in [1.165, 1.54) is 64.2 Å². The Bertz CT molecular complexity index is 548. The minimum absolute atomic E-state index is 0.572. The third-order valence-corrected chi connectivity index (χ3v) is 5.68. The standard InChI is InChI=1S/C28H48O4/c1-4-7-10-13-16-19-30-26-22-25(24-29)23-27(31-20-17-14-11-8-5-2)28(26)32-21-18-15-12-9-6-3/h22-24H,4-21H2,1-3H3. The molecule has 4 heteroatoms. The van der Waals surface area contributed by atoms with E-state index in [-0.39, 0.29) is 0 Å². The van der Waals surface area contributed by atoms with Gasteiger partial charge in [-0.1, -0.05) is 97.8 Å². The maximum absolute atomic E-state index is 11.5. The van der Waals surface area contributed by atoms with E-state index in [0.29, 0.717) is 42.6 Å². The van der Waals surface area contributed by atoms with Crippen molar-refractivity contribution < 1.29 is 19.0 Å². The van der Waals surface area contributed by atoms with Crippen molar-refractivity contribution in [2.75, 3.05) is 19.8 Å². The molecule has 0 aliphatic heterocycles. The van der Waals surface area contributed by atoms with Crippen molar-refractivity contribution in [2.45, 2.75) is 117 Å². The Hall–Kier alpha value is -1.71. The van der Waals surface area contributed by atoms with E-state index in [0.717, 1.165) is 38.4 Å². The van der Waals surface area contributed by atoms with Gasteiger partial charge in [-0.05, 0) is 31.4 Å². The molecule has 184 valence electrons. The number of benzene rings is 1. The first-order valence-electron chi connectivity index (χ1n) is 13.3. The third-order valence-electron chi connectivity index (χ3n) is 5.68. The summed E-state index contributed by atoms with van der Waals surface area (Å²) >= 11 is 0. The van der Waals surface area contributed by atoms with Crippen LogP contribution in [-0.4, -0.2) is 26.1 Å². The second-order valence-electron chi connectivity index (χ2n) is 8.75. The van der Waals surface area contributed by atoms with Crippen molar-refractivity contribution in [2.24, 2.45) is 0 Å². The van der Waals surface area contributed by atoms with Crippen LogP contribution in [0.25, 0.3) is 0 Å². The van der Waals surface area contributed by atoms with Crippen molar-refractivity contribution in [3.8, 4) is 17.2 Å². The van der Waals surface area contributed by atoms with E-state index in [4.69, 9.17) is 14.2 Å². The fourth-order valence-corrected chi connectivity index (χ4v) is 3.68. The van der Waals surface area contributed by atoms with Crippen LogP contribution in [-0.2, 0) is 0 Å². The zero-order valence-electron chi connectivity index (χ0n) is 21.1. The van der Waals surface area contributed by atoms with Crippen LogP contribution in [0.1, 0.15) is 127 Å². The van der Waals surface area contributed by atoms with Gasteiger partial charge in [-0.3, -0.25) is 4.79 Å². The fourth-order valence-electron chi connectivity index (χ4n) is 3.68. The average Bonchev–Trinajstić information content (AvgIpc) is 2.81. The first-order valence-corrected chi connectivity index (χ1v) is 13.3. The van der Waals surface area contributed by atoms with E-state index in [1.54, 1.807) is 12.1 Å². The lowest BCUT2D eigenvalue weighted by Crippen LogP contribution is -2.07. The van der Waals surface area contributed by atoms with E-state index in [1.807, 2.05) is 0 Å². The summed E-state index contributed by atoms with van der Waals surface area (Å²) in [5, 5.41) is 0. The molecule has 32 heavy (non-hydrogen) atoms. The Morgan fingerprint density at radius 2 is 0.938 bits per heavy atom. The van der Waals surface area contributed by atoms with Gasteiger partial charge in [0.05, 0.1) is 19.8 Å². The summed E-state index contributed by atoms with van der Waals surface area (Å²) in [5.41, 5.74) is 0.572. The highest BCUT2D eigenvalue weighted by Crippen LogP contribution is 2.39. The summed E-state index contributed by atoms with van der Waals surface area (Å²) in [6.07, 6.45) is 18.6. The molecule has 0 amide bonds. The lowest BCUT2D eigenvalue weighted by Gasteiger charge is -2.18. The average molecular weight is 449 g/mol. The Labute approximate surface area is 197 Å². The molecule has 0 heterocycles. The smallest absolute Gasteiger partial charge is 0.203 e. The van der Waals surface area contributed by atoms with E-state index >= 15 is 0 Å². The number of carbonyl (C=O) groups is 1. The molecule has 0 aromatic heterocycles. The molecule has 1 aromatic rings. The van der Waals surface area contributed by atoms with Crippen LogP contribution in [0, 0.1) is 0 Å². The number of rotatable bonds is 22. The third kappa shape index (κ3) is 13.0. The van der Waals surface area contributed by atoms with Crippen LogP contribution in [0.2, 0.25) is 0 Å². The van der Waals surface area contributed by atoms with Crippen molar-refractivity contribution in [3.05, 3.63) is 17.7 Å². The number of unbranched alkanes of at least 4 members (excludes halogenated alkanes) is 12. The minimum atomic E-state index is 0.572. The molecule has 1 aromatic carbocycles. The van der Waals surface area contributed by atoms with Crippen LogP contribution in [0.4, 0.5) is 0 Å². The molecule has 0 fully saturated rings. The maximum Gasteiger partial charge on any atom is 0.203 e. The number of ether oxygens (including phenoxy) is 3. The Morgan fingerprint density at radius 3 is 1.31 bits per heavy atom. The van der Waals surface area contributed by atoms with Crippen LogP contribution in [0.15, 0.2) is 12.1 Å². The van der Waals surface area contributed by atoms with Gasteiger partial charge >= 0.3 is 0 Å². The van der Waals surface area contributed by atoms with Gasteiger partial charge in [0.2, 0.25) is 5.75 Å². The van der Waals surface area contributed by atoms with Gasteiger partial charge in [0.25, 0.3) is 0 Å². The topological polar surface area (TPSA) is 44.8 Å². The number of aldehydes is 1. The van der Waals surface area contributed by atoms with Crippen LogP contribution < -0.4 is 14.2 Å². The van der Waals surface area contributed by atoms with Crippen molar-refractivity contribution in [1.29, 1.82) is 0 Å². The monoisotopic (exact) mass is 448 g/mol. The molecule has 0 bridgehead atoms. The summed E-state index contributed by atoms with van der Waals surface area (Å²) < 4.78 is 18.4. The largest absolute Gasteiger partial charge is 0.490 e. The van der Waals surface area contributed by atoms with Crippen molar-refractivity contribution in [1.82, 2.24) is 0 Å². The molecule has 0 unspecified atom stereocenters. The molecule has 0 spiro atoms. The highest BCUT2D eigenvalue weighted by Gasteiger charge is 2.16. The van der Waals surface area contributed by atoms with Crippen molar-refractivity contribution >= 4 is 6.29 Å². The molecule has 1 rings (SSSR count). The quantitative estimate of drug-likeness (QED) is 0.132. The fraction of sp³-hybridized carbons (Fsp3) is 0.750. The minimum Gasteiger partial charge on any atom is -0.490 e. The van der Waals surface area contributed by atoms with Crippen LogP contribution >= 0.6 is 0 Å². The number of carbonyl (C=O) groups excluding carboxylic acids is 1. The first-order chi connectivity index (χ1) is 15.8. The van der Waals surface area contributed by atoms with Crippen LogP contribution in [0.5, 0.6) is 17.2 Å². The SMILES string of the molecule is CCCCCCCOc1cc(C=O)cc(OCCCCCCC)c1OCCCCCCC. The van der Waals surface area contributed by atoms with Gasteiger partial charge in [-0.15, -0.1) is 0 Å². The lowest BCUT2D eigenvalue weighted by atomic mass is 10.1. The normalized spacial score (nSPS) is 10.8. The zero-order chi connectivity index (χ0) is 23.3. The van der Waals surface area contributed by atoms with Gasteiger partial charge in [-0.2, -0.15) is 0 Å². The first kappa shape index (κ1) is 28.3. The van der Waals surface area contributed by atoms with Crippen LogP contribution in [0.3, 0.4) is 0 Å². The summed E-state index contributed by atoms with van der Waals surface area (Å²) in [4.78, 5) is 11.5. The molecular formula is C28H48O4. The van der Waals surface area contributed by atoms with Gasteiger partial charge < -0.3 is 14.2 Å². The molecule has 0 saturated carbocycles. The predicted molar refractivity (Wildman–Crippen MR) is 135 cm³/mol. The lowest BCUT2D eigenvalue weighted by molar-refractivity contribution is 0.112. The summed E-state index contributed by atoms with van der Waals surface area (Å²) in [6, 6.07) is 3.58. The summed E-state index contributed by atoms with van der Waals surface area (Å²) in [7, 11) is 0. The molecule has 0 N–H and O–H groups in total. The molecular weight excluding hydrogens is 400 g/mol. The second kappa shape index (κ2) is 19.9. The number of hydrogen-bond donors (Lipinski definition) is 0. The molecule has 0 radical (unpaired) electrons. The van der Waals surface area contributed by atoms with E-state index in [9.17, 15) is 4.79 Å².